The van der Waals surface area contributed by atoms with Gasteiger partial charge in [-0.1, -0.05) is 26.2 Å². The second kappa shape index (κ2) is 12.5. The average molecular weight is 294 g/mol. The van der Waals surface area contributed by atoms with Gasteiger partial charge in [-0.15, -0.1) is 0 Å². The number of hydrogen-bond donors (Lipinski definition) is 2. The molecule has 0 heterocycles. The first-order valence-corrected chi connectivity index (χ1v) is 8.03. The summed E-state index contributed by atoms with van der Waals surface area (Å²) in [4.78, 5) is 0. The molecule has 0 aliphatic heterocycles. The Morgan fingerprint density at radius 2 is 1.71 bits per heavy atom. The van der Waals surface area contributed by atoms with E-state index in [0.717, 1.165) is 50.7 Å². The summed E-state index contributed by atoms with van der Waals surface area (Å²) in [5.41, 5.74) is 1.13. The van der Waals surface area contributed by atoms with E-state index in [1.807, 2.05) is 12.1 Å². The van der Waals surface area contributed by atoms with E-state index in [-0.39, 0.29) is 0 Å². The van der Waals surface area contributed by atoms with Crippen molar-refractivity contribution in [1.29, 1.82) is 0 Å². The smallest absolute Gasteiger partial charge is 0.119 e. The van der Waals surface area contributed by atoms with Gasteiger partial charge in [0.2, 0.25) is 0 Å². The molecule has 0 aliphatic carbocycles. The van der Waals surface area contributed by atoms with Gasteiger partial charge in [-0.05, 0) is 30.7 Å². The van der Waals surface area contributed by atoms with Crippen LogP contribution in [0, 0.1) is 0 Å². The molecule has 0 fully saturated rings. The Kier molecular flexibility index (Phi) is 10.6. The highest BCUT2D eigenvalue weighted by Crippen LogP contribution is 2.15. The Hall–Kier alpha value is -1.26. The summed E-state index contributed by atoms with van der Waals surface area (Å²) in [6.07, 6.45) is 4.96. The molecule has 0 radical (unpaired) electrons. The molecule has 0 saturated carbocycles. The fourth-order valence-corrected chi connectivity index (χ4v) is 1.98. The Labute approximate surface area is 129 Å². The number of nitrogens with one attached hydrogen (secondary N) is 2. The molecule has 1 aromatic rings. The van der Waals surface area contributed by atoms with Gasteiger partial charge in [-0.2, -0.15) is 0 Å². The highest BCUT2D eigenvalue weighted by atomic mass is 16.5. The molecular formula is C17H30N2O2. The molecule has 0 bridgehead atoms. The first-order valence-electron chi connectivity index (χ1n) is 8.03. The van der Waals surface area contributed by atoms with Crippen LogP contribution in [0.5, 0.6) is 5.75 Å². The highest BCUT2D eigenvalue weighted by molar-refractivity contribution is 5.46. The van der Waals surface area contributed by atoms with Gasteiger partial charge in [0.05, 0.1) is 13.2 Å². The molecule has 0 spiro atoms. The molecule has 0 aromatic heterocycles. The van der Waals surface area contributed by atoms with Gasteiger partial charge in [0.1, 0.15) is 5.75 Å². The second-order valence-corrected chi connectivity index (χ2v) is 5.10. The predicted octanol–water partition coefficient (Wildman–Crippen LogP) is 3.29. The molecule has 0 amide bonds. The van der Waals surface area contributed by atoms with E-state index >= 15 is 0 Å². The lowest BCUT2D eigenvalue weighted by Crippen LogP contribution is -2.25. The monoisotopic (exact) mass is 294 g/mol. The molecule has 0 saturated heterocycles. The minimum absolute atomic E-state index is 0.754. The Morgan fingerprint density at radius 3 is 2.43 bits per heavy atom. The number of anilines is 1. The van der Waals surface area contributed by atoms with Crippen LogP contribution < -0.4 is 15.4 Å². The largest absolute Gasteiger partial charge is 0.494 e. The molecule has 120 valence electrons. The van der Waals surface area contributed by atoms with Gasteiger partial charge in [-0.25, -0.2) is 0 Å². The third-order valence-corrected chi connectivity index (χ3v) is 3.23. The van der Waals surface area contributed by atoms with Crippen LogP contribution in [0.4, 0.5) is 5.69 Å². The molecule has 2 N–H and O–H groups in total. The van der Waals surface area contributed by atoms with Crippen LogP contribution in [-0.2, 0) is 4.74 Å². The maximum absolute atomic E-state index is 5.72. The number of unbranched alkanes of at least 4 members (excludes halogenated alkanes) is 3. The molecule has 4 heteroatoms. The van der Waals surface area contributed by atoms with Crippen molar-refractivity contribution < 1.29 is 9.47 Å². The van der Waals surface area contributed by atoms with Crippen molar-refractivity contribution in [3.63, 3.8) is 0 Å². The molecule has 0 unspecified atom stereocenters. The number of benzene rings is 1. The predicted molar refractivity (Wildman–Crippen MR) is 89.3 cm³/mol. The Bertz CT molecular complexity index is 341. The third kappa shape index (κ3) is 9.32. The summed E-state index contributed by atoms with van der Waals surface area (Å²) in [5.74, 6) is 0.954. The molecule has 21 heavy (non-hydrogen) atoms. The minimum atomic E-state index is 0.754. The van der Waals surface area contributed by atoms with E-state index in [4.69, 9.17) is 9.47 Å². The summed E-state index contributed by atoms with van der Waals surface area (Å²) < 4.78 is 10.7. The highest BCUT2D eigenvalue weighted by Gasteiger charge is 1.96. The lowest BCUT2D eigenvalue weighted by molar-refractivity contribution is 0.200. The number of rotatable bonds is 13. The van der Waals surface area contributed by atoms with Crippen LogP contribution in [0.1, 0.15) is 32.6 Å². The summed E-state index contributed by atoms with van der Waals surface area (Å²) in [6, 6.07) is 8.19. The van der Waals surface area contributed by atoms with Crippen molar-refractivity contribution in [1.82, 2.24) is 5.32 Å². The average Bonchev–Trinajstić information content (AvgIpc) is 2.52. The minimum Gasteiger partial charge on any atom is -0.494 e. The van der Waals surface area contributed by atoms with Crippen LogP contribution in [0.3, 0.4) is 0 Å². The van der Waals surface area contributed by atoms with Gasteiger partial charge in [0.25, 0.3) is 0 Å². The topological polar surface area (TPSA) is 42.5 Å². The van der Waals surface area contributed by atoms with E-state index in [0.29, 0.717) is 0 Å². The van der Waals surface area contributed by atoms with Crippen molar-refractivity contribution in [3.8, 4) is 5.75 Å². The number of methoxy groups -OCH3 is 1. The maximum atomic E-state index is 5.72. The molecular weight excluding hydrogens is 264 g/mol. The molecule has 0 aliphatic rings. The lowest BCUT2D eigenvalue weighted by Gasteiger charge is -2.09. The molecule has 1 aromatic carbocycles. The van der Waals surface area contributed by atoms with Gasteiger partial charge in [-0.3, -0.25) is 0 Å². The zero-order valence-corrected chi connectivity index (χ0v) is 13.5. The van der Waals surface area contributed by atoms with E-state index in [1.54, 1.807) is 7.11 Å². The van der Waals surface area contributed by atoms with E-state index in [1.165, 1.54) is 19.3 Å². The SMILES string of the molecule is CCCCCCOc1ccc(NCCNCCOC)cc1. The van der Waals surface area contributed by atoms with Gasteiger partial charge in [0, 0.05) is 32.4 Å². The van der Waals surface area contributed by atoms with E-state index in [2.05, 4.69) is 29.7 Å². The summed E-state index contributed by atoms with van der Waals surface area (Å²) >= 11 is 0. The van der Waals surface area contributed by atoms with Crippen molar-refractivity contribution in [2.24, 2.45) is 0 Å². The van der Waals surface area contributed by atoms with Crippen molar-refractivity contribution in [2.45, 2.75) is 32.6 Å². The summed E-state index contributed by atoms with van der Waals surface area (Å²) in [5, 5.41) is 6.67. The lowest BCUT2D eigenvalue weighted by atomic mass is 10.2. The first kappa shape index (κ1) is 17.8. The van der Waals surface area contributed by atoms with E-state index in [9.17, 15) is 0 Å². The van der Waals surface area contributed by atoms with Crippen molar-refractivity contribution >= 4 is 5.69 Å². The fraction of sp³-hybridized carbons (Fsp3) is 0.647. The molecule has 0 atom stereocenters. The molecule has 1 rings (SSSR count). The van der Waals surface area contributed by atoms with Gasteiger partial charge < -0.3 is 20.1 Å². The molecule has 4 nitrogen and oxygen atoms in total. The number of ether oxygens (including phenoxy) is 2. The summed E-state index contributed by atoms with van der Waals surface area (Å²) in [6.45, 7) is 6.52. The normalized spacial score (nSPS) is 10.6. The zero-order valence-electron chi connectivity index (χ0n) is 13.5. The van der Waals surface area contributed by atoms with E-state index < -0.39 is 0 Å². The Balaban J connectivity index is 2.09. The maximum Gasteiger partial charge on any atom is 0.119 e. The Morgan fingerprint density at radius 1 is 0.905 bits per heavy atom. The summed E-state index contributed by atoms with van der Waals surface area (Å²) in [7, 11) is 1.72. The van der Waals surface area contributed by atoms with Crippen LogP contribution in [-0.4, -0.2) is 40.0 Å². The standard InChI is InChI=1S/C17H30N2O2/c1-3-4-5-6-14-21-17-9-7-16(8-10-17)19-12-11-18-13-15-20-2/h7-10,18-19H,3-6,11-15H2,1-2H3. The number of hydrogen-bond acceptors (Lipinski definition) is 4. The van der Waals surface area contributed by atoms with Crippen LogP contribution in [0.15, 0.2) is 24.3 Å². The van der Waals surface area contributed by atoms with Crippen LogP contribution >= 0.6 is 0 Å². The van der Waals surface area contributed by atoms with Gasteiger partial charge in [0.15, 0.2) is 0 Å². The quantitative estimate of drug-likeness (QED) is 0.548. The van der Waals surface area contributed by atoms with Crippen LogP contribution in [0.2, 0.25) is 0 Å². The zero-order chi connectivity index (χ0) is 15.2. The van der Waals surface area contributed by atoms with Gasteiger partial charge >= 0.3 is 0 Å². The fourth-order valence-electron chi connectivity index (χ4n) is 1.98. The van der Waals surface area contributed by atoms with Crippen LogP contribution in [0.25, 0.3) is 0 Å². The third-order valence-electron chi connectivity index (χ3n) is 3.23. The van der Waals surface area contributed by atoms with Crippen molar-refractivity contribution in [3.05, 3.63) is 24.3 Å². The second-order valence-electron chi connectivity index (χ2n) is 5.10. The first-order chi connectivity index (χ1) is 10.4. The van der Waals surface area contributed by atoms with Crippen molar-refractivity contribution in [2.75, 3.05) is 45.3 Å².